The predicted octanol–water partition coefficient (Wildman–Crippen LogP) is -0.874. The Morgan fingerprint density at radius 1 is 1.62 bits per heavy atom. The number of hydrogen-bond donors (Lipinski definition) is 2. The van der Waals surface area contributed by atoms with Crippen molar-refractivity contribution in [3.8, 4) is 0 Å². The van der Waals surface area contributed by atoms with E-state index < -0.39 is 0 Å². The maximum absolute atomic E-state index is 5.06. The molecule has 78 valence electrons. The molecule has 1 unspecified atom stereocenters. The molecule has 2 N–H and O–H groups in total. The van der Waals surface area contributed by atoms with Crippen molar-refractivity contribution in [2.24, 2.45) is 0 Å². The van der Waals surface area contributed by atoms with E-state index in [1.54, 1.807) is 7.11 Å². The molecule has 4 heteroatoms. The molecule has 1 aliphatic heterocycles. The van der Waals surface area contributed by atoms with Crippen molar-refractivity contribution >= 4 is 0 Å². The highest BCUT2D eigenvalue weighted by molar-refractivity contribution is 4.79. The van der Waals surface area contributed by atoms with Crippen LogP contribution in [0.1, 0.15) is 0 Å². The van der Waals surface area contributed by atoms with Crippen LogP contribution in [0.2, 0.25) is 0 Å². The molecule has 1 aliphatic rings. The third-order valence-corrected chi connectivity index (χ3v) is 2.40. The monoisotopic (exact) mass is 187 g/mol. The number of rotatable bonds is 5. The maximum Gasteiger partial charge on any atom is 0.0589 e. The van der Waals surface area contributed by atoms with Crippen LogP contribution in [0, 0.1) is 0 Å². The summed E-state index contributed by atoms with van der Waals surface area (Å²) in [6.45, 7) is 6.30. The quantitative estimate of drug-likeness (QED) is 0.586. The van der Waals surface area contributed by atoms with Crippen molar-refractivity contribution in [2.45, 2.75) is 6.04 Å². The first-order valence-electron chi connectivity index (χ1n) is 4.96. The van der Waals surface area contributed by atoms with E-state index in [1.165, 1.54) is 0 Å². The average Bonchev–Trinajstić information content (AvgIpc) is 2.16. The molecule has 0 aliphatic carbocycles. The highest BCUT2D eigenvalue weighted by atomic mass is 16.5. The fourth-order valence-corrected chi connectivity index (χ4v) is 1.70. The molecule has 0 saturated carbocycles. The SMILES string of the molecule is CNCC1CN(CCOC)CCN1. The molecule has 4 nitrogen and oxygen atoms in total. The van der Waals surface area contributed by atoms with Gasteiger partial charge >= 0.3 is 0 Å². The predicted molar refractivity (Wildman–Crippen MR) is 54.0 cm³/mol. The van der Waals surface area contributed by atoms with E-state index >= 15 is 0 Å². The Labute approximate surface area is 80.6 Å². The molecule has 1 atom stereocenters. The lowest BCUT2D eigenvalue weighted by Gasteiger charge is -2.33. The molecular weight excluding hydrogens is 166 g/mol. The smallest absolute Gasteiger partial charge is 0.0589 e. The van der Waals surface area contributed by atoms with E-state index in [0.717, 1.165) is 39.3 Å². The Hall–Kier alpha value is -0.160. The van der Waals surface area contributed by atoms with Crippen molar-refractivity contribution in [1.29, 1.82) is 0 Å². The average molecular weight is 187 g/mol. The molecule has 1 fully saturated rings. The highest BCUT2D eigenvalue weighted by Gasteiger charge is 2.17. The Bertz CT molecular complexity index is 130. The zero-order chi connectivity index (χ0) is 9.52. The summed E-state index contributed by atoms with van der Waals surface area (Å²) < 4.78 is 5.06. The van der Waals surface area contributed by atoms with Gasteiger partial charge in [-0.25, -0.2) is 0 Å². The van der Waals surface area contributed by atoms with E-state index in [0.29, 0.717) is 6.04 Å². The van der Waals surface area contributed by atoms with Gasteiger partial charge in [0.25, 0.3) is 0 Å². The molecule has 0 aromatic heterocycles. The fourth-order valence-electron chi connectivity index (χ4n) is 1.70. The van der Waals surface area contributed by atoms with Gasteiger partial charge in [-0.05, 0) is 7.05 Å². The minimum atomic E-state index is 0.593. The third-order valence-electron chi connectivity index (χ3n) is 2.40. The van der Waals surface area contributed by atoms with E-state index in [1.807, 2.05) is 7.05 Å². The van der Waals surface area contributed by atoms with Crippen molar-refractivity contribution in [1.82, 2.24) is 15.5 Å². The zero-order valence-corrected chi connectivity index (χ0v) is 8.68. The molecular formula is C9H21N3O. The van der Waals surface area contributed by atoms with Gasteiger partial charge in [-0.2, -0.15) is 0 Å². The first kappa shape index (κ1) is 10.9. The van der Waals surface area contributed by atoms with Crippen LogP contribution in [-0.4, -0.2) is 64.4 Å². The number of methoxy groups -OCH3 is 1. The number of ether oxygens (including phenoxy) is 1. The van der Waals surface area contributed by atoms with Crippen LogP contribution < -0.4 is 10.6 Å². The lowest BCUT2D eigenvalue weighted by atomic mass is 10.2. The van der Waals surface area contributed by atoms with Gasteiger partial charge in [-0.15, -0.1) is 0 Å². The normalized spacial score (nSPS) is 24.9. The summed E-state index contributed by atoms with van der Waals surface area (Å²) in [5.74, 6) is 0. The van der Waals surface area contributed by atoms with Crippen LogP contribution in [0.4, 0.5) is 0 Å². The van der Waals surface area contributed by atoms with Crippen molar-refractivity contribution < 1.29 is 4.74 Å². The third kappa shape index (κ3) is 4.04. The second kappa shape index (κ2) is 6.32. The largest absolute Gasteiger partial charge is 0.383 e. The molecule has 1 rings (SSSR count). The number of nitrogens with one attached hydrogen (secondary N) is 2. The topological polar surface area (TPSA) is 36.5 Å². The molecule has 0 radical (unpaired) electrons. The molecule has 0 bridgehead atoms. The first-order chi connectivity index (χ1) is 6.36. The van der Waals surface area contributed by atoms with E-state index in [4.69, 9.17) is 4.74 Å². The van der Waals surface area contributed by atoms with Gasteiger partial charge in [0.2, 0.25) is 0 Å². The Balaban J connectivity index is 2.16. The van der Waals surface area contributed by atoms with Crippen LogP contribution in [0.3, 0.4) is 0 Å². The summed E-state index contributed by atoms with van der Waals surface area (Å²) in [6, 6.07) is 0.593. The summed E-state index contributed by atoms with van der Waals surface area (Å²) >= 11 is 0. The van der Waals surface area contributed by atoms with Gasteiger partial charge in [0.15, 0.2) is 0 Å². The molecule has 0 aromatic rings. The Morgan fingerprint density at radius 2 is 2.46 bits per heavy atom. The summed E-state index contributed by atoms with van der Waals surface area (Å²) in [6.07, 6.45) is 0. The van der Waals surface area contributed by atoms with Crippen LogP contribution >= 0.6 is 0 Å². The fraction of sp³-hybridized carbons (Fsp3) is 1.00. The second-order valence-corrected chi connectivity index (χ2v) is 3.50. The zero-order valence-electron chi connectivity index (χ0n) is 8.68. The minimum Gasteiger partial charge on any atom is -0.383 e. The highest BCUT2D eigenvalue weighted by Crippen LogP contribution is 1.97. The van der Waals surface area contributed by atoms with Gasteiger partial charge in [-0.1, -0.05) is 0 Å². The molecule has 1 heterocycles. The number of hydrogen-bond acceptors (Lipinski definition) is 4. The van der Waals surface area contributed by atoms with E-state index in [9.17, 15) is 0 Å². The molecule has 0 aromatic carbocycles. The maximum atomic E-state index is 5.06. The molecule has 1 saturated heterocycles. The van der Waals surface area contributed by atoms with Gasteiger partial charge in [0.1, 0.15) is 0 Å². The Morgan fingerprint density at radius 3 is 3.15 bits per heavy atom. The summed E-state index contributed by atoms with van der Waals surface area (Å²) in [5.41, 5.74) is 0. The minimum absolute atomic E-state index is 0.593. The van der Waals surface area contributed by atoms with Crippen LogP contribution in [0.5, 0.6) is 0 Å². The molecule has 0 amide bonds. The van der Waals surface area contributed by atoms with Gasteiger partial charge in [0, 0.05) is 45.9 Å². The van der Waals surface area contributed by atoms with Crippen molar-refractivity contribution in [3.05, 3.63) is 0 Å². The van der Waals surface area contributed by atoms with E-state index in [2.05, 4.69) is 15.5 Å². The van der Waals surface area contributed by atoms with Gasteiger partial charge in [0.05, 0.1) is 6.61 Å². The number of piperazine rings is 1. The number of likely N-dealkylation sites (N-methyl/N-ethyl adjacent to an activating group) is 1. The van der Waals surface area contributed by atoms with Crippen LogP contribution in [0.15, 0.2) is 0 Å². The first-order valence-corrected chi connectivity index (χ1v) is 4.96. The van der Waals surface area contributed by atoms with Crippen molar-refractivity contribution in [2.75, 3.05) is 53.5 Å². The lowest BCUT2D eigenvalue weighted by Crippen LogP contribution is -2.54. The second-order valence-electron chi connectivity index (χ2n) is 3.50. The van der Waals surface area contributed by atoms with Gasteiger partial charge < -0.3 is 15.4 Å². The lowest BCUT2D eigenvalue weighted by molar-refractivity contribution is 0.126. The molecule has 0 spiro atoms. The van der Waals surface area contributed by atoms with Crippen molar-refractivity contribution in [3.63, 3.8) is 0 Å². The number of nitrogens with zero attached hydrogens (tertiary/aromatic N) is 1. The summed E-state index contributed by atoms with van der Waals surface area (Å²) in [4.78, 5) is 2.45. The van der Waals surface area contributed by atoms with Crippen LogP contribution in [0.25, 0.3) is 0 Å². The Kier molecular flexibility index (Phi) is 5.31. The summed E-state index contributed by atoms with van der Waals surface area (Å²) in [7, 11) is 3.75. The van der Waals surface area contributed by atoms with Gasteiger partial charge in [-0.3, -0.25) is 4.90 Å². The summed E-state index contributed by atoms with van der Waals surface area (Å²) in [5, 5.41) is 6.68. The van der Waals surface area contributed by atoms with E-state index in [-0.39, 0.29) is 0 Å². The standard InChI is InChI=1S/C9H21N3O/c1-10-7-9-8-12(4-3-11-9)5-6-13-2/h9-11H,3-8H2,1-2H3. The van der Waals surface area contributed by atoms with Crippen LogP contribution in [-0.2, 0) is 4.74 Å². The molecule has 13 heavy (non-hydrogen) atoms.